The highest BCUT2D eigenvalue weighted by Crippen LogP contribution is 2.20. The number of rotatable bonds is 5. The number of oxazole rings is 1. The molecule has 28 heavy (non-hydrogen) atoms. The Morgan fingerprint density at radius 3 is 2.50 bits per heavy atom. The van der Waals surface area contributed by atoms with Crippen molar-refractivity contribution in [3.05, 3.63) is 77.3 Å². The van der Waals surface area contributed by atoms with E-state index in [1.54, 1.807) is 13.2 Å². The zero-order valence-electron chi connectivity index (χ0n) is 15.5. The maximum Gasteiger partial charge on any atom is 0.214 e. The van der Waals surface area contributed by atoms with Crippen molar-refractivity contribution in [2.75, 3.05) is 7.05 Å². The Morgan fingerprint density at radius 1 is 1.07 bits per heavy atom. The summed E-state index contributed by atoms with van der Waals surface area (Å²) in [7, 11) is 1.59. The Morgan fingerprint density at radius 2 is 1.79 bits per heavy atom. The van der Waals surface area contributed by atoms with Crippen LogP contribution in [0.3, 0.4) is 0 Å². The van der Waals surface area contributed by atoms with Gasteiger partial charge in [-0.2, -0.15) is 0 Å². The zero-order valence-corrected chi connectivity index (χ0v) is 17.8. The summed E-state index contributed by atoms with van der Waals surface area (Å²) < 4.78 is 32.6. The SMILES string of the molecule is CN=C(NCc1ncc(-c2ccc(C)cc2)o1)NCc1cc(F)ccc1F.I. The molecule has 1 aromatic heterocycles. The van der Waals surface area contributed by atoms with E-state index < -0.39 is 11.6 Å². The lowest BCUT2D eigenvalue weighted by Crippen LogP contribution is -2.36. The molecule has 2 N–H and O–H groups in total. The first-order valence-electron chi connectivity index (χ1n) is 8.45. The highest BCUT2D eigenvalue weighted by atomic mass is 127. The molecular weight excluding hydrogens is 477 g/mol. The molecule has 2 aromatic carbocycles. The second kappa shape index (κ2) is 10.2. The second-order valence-electron chi connectivity index (χ2n) is 6.00. The fraction of sp³-hybridized carbons (Fsp3) is 0.200. The lowest BCUT2D eigenvalue weighted by molar-refractivity contribution is 0.497. The van der Waals surface area contributed by atoms with Crippen LogP contribution in [0, 0.1) is 18.6 Å². The van der Waals surface area contributed by atoms with Crippen molar-refractivity contribution in [3.63, 3.8) is 0 Å². The molecule has 3 rings (SSSR count). The van der Waals surface area contributed by atoms with E-state index in [2.05, 4.69) is 20.6 Å². The van der Waals surface area contributed by atoms with Crippen molar-refractivity contribution in [3.8, 4) is 11.3 Å². The lowest BCUT2D eigenvalue weighted by Gasteiger charge is -2.11. The van der Waals surface area contributed by atoms with Crippen molar-refractivity contribution in [2.24, 2.45) is 4.99 Å². The third kappa shape index (κ3) is 5.75. The first kappa shape index (κ1) is 21.8. The fourth-order valence-corrected chi connectivity index (χ4v) is 2.48. The van der Waals surface area contributed by atoms with Crippen LogP contribution in [0.25, 0.3) is 11.3 Å². The van der Waals surface area contributed by atoms with Gasteiger partial charge in [0.1, 0.15) is 11.6 Å². The number of nitrogens with one attached hydrogen (secondary N) is 2. The van der Waals surface area contributed by atoms with E-state index in [1.807, 2.05) is 31.2 Å². The van der Waals surface area contributed by atoms with Gasteiger partial charge in [0.2, 0.25) is 5.89 Å². The Hall–Kier alpha value is -2.49. The van der Waals surface area contributed by atoms with Gasteiger partial charge in [-0.1, -0.05) is 29.8 Å². The summed E-state index contributed by atoms with van der Waals surface area (Å²) in [5.74, 6) is 0.630. The second-order valence-corrected chi connectivity index (χ2v) is 6.00. The maximum atomic E-state index is 13.7. The Kier molecular flexibility index (Phi) is 7.91. The van der Waals surface area contributed by atoms with Gasteiger partial charge >= 0.3 is 0 Å². The first-order chi connectivity index (χ1) is 13.0. The minimum Gasteiger partial charge on any atom is -0.439 e. The van der Waals surface area contributed by atoms with Crippen LogP contribution in [0.15, 0.2) is 58.1 Å². The van der Waals surface area contributed by atoms with Crippen molar-refractivity contribution >= 4 is 29.9 Å². The first-order valence-corrected chi connectivity index (χ1v) is 8.45. The van der Waals surface area contributed by atoms with Crippen LogP contribution in [0.2, 0.25) is 0 Å². The molecule has 1 heterocycles. The van der Waals surface area contributed by atoms with Crippen molar-refractivity contribution in [1.82, 2.24) is 15.6 Å². The summed E-state index contributed by atoms with van der Waals surface area (Å²) in [6, 6.07) is 11.3. The third-order valence-corrected chi connectivity index (χ3v) is 3.97. The van der Waals surface area contributed by atoms with E-state index in [0.717, 1.165) is 23.8 Å². The van der Waals surface area contributed by atoms with E-state index in [-0.39, 0.29) is 36.1 Å². The van der Waals surface area contributed by atoms with Crippen LogP contribution in [-0.4, -0.2) is 18.0 Å². The van der Waals surface area contributed by atoms with Gasteiger partial charge in [0, 0.05) is 24.7 Å². The number of hydrogen-bond donors (Lipinski definition) is 2. The maximum absolute atomic E-state index is 13.7. The van der Waals surface area contributed by atoms with Gasteiger partial charge in [-0.05, 0) is 25.1 Å². The largest absolute Gasteiger partial charge is 0.439 e. The third-order valence-electron chi connectivity index (χ3n) is 3.97. The molecule has 0 spiro atoms. The molecule has 148 valence electrons. The quantitative estimate of drug-likeness (QED) is 0.311. The molecule has 5 nitrogen and oxygen atoms in total. The zero-order chi connectivity index (χ0) is 19.2. The van der Waals surface area contributed by atoms with Crippen molar-refractivity contribution < 1.29 is 13.2 Å². The van der Waals surface area contributed by atoms with E-state index >= 15 is 0 Å². The smallest absolute Gasteiger partial charge is 0.214 e. The molecule has 0 radical (unpaired) electrons. The fourth-order valence-electron chi connectivity index (χ4n) is 2.48. The van der Waals surface area contributed by atoms with Crippen LogP contribution in [0.4, 0.5) is 8.78 Å². The average Bonchev–Trinajstić information content (AvgIpc) is 3.14. The molecule has 3 aromatic rings. The number of guanidine groups is 1. The molecule has 0 bridgehead atoms. The molecule has 0 saturated carbocycles. The summed E-state index contributed by atoms with van der Waals surface area (Å²) in [5.41, 5.74) is 2.34. The molecule has 0 amide bonds. The minimum atomic E-state index is -0.487. The number of hydrogen-bond acceptors (Lipinski definition) is 3. The molecular formula is C20H21F2IN4O. The number of benzene rings is 2. The molecule has 0 saturated heterocycles. The van der Waals surface area contributed by atoms with Gasteiger partial charge in [0.25, 0.3) is 0 Å². The van der Waals surface area contributed by atoms with Crippen molar-refractivity contribution in [1.29, 1.82) is 0 Å². The Balaban J connectivity index is 0.00000280. The molecule has 0 unspecified atom stereocenters. The molecule has 0 aliphatic rings. The monoisotopic (exact) mass is 498 g/mol. The van der Waals surface area contributed by atoms with E-state index in [9.17, 15) is 8.78 Å². The van der Waals surface area contributed by atoms with Crippen LogP contribution in [0.1, 0.15) is 17.0 Å². The lowest BCUT2D eigenvalue weighted by atomic mass is 10.1. The summed E-state index contributed by atoms with van der Waals surface area (Å²) in [5, 5.41) is 5.96. The van der Waals surface area contributed by atoms with Gasteiger partial charge in [-0.25, -0.2) is 13.8 Å². The Bertz CT molecular complexity index is 942. The normalized spacial score (nSPS) is 11.1. The van der Waals surface area contributed by atoms with Crippen LogP contribution >= 0.6 is 24.0 Å². The number of aryl methyl sites for hydroxylation is 1. The highest BCUT2D eigenvalue weighted by Gasteiger charge is 2.08. The van der Waals surface area contributed by atoms with Gasteiger partial charge in [0.15, 0.2) is 11.7 Å². The van der Waals surface area contributed by atoms with Crippen molar-refractivity contribution in [2.45, 2.75) is 20.0 Å². The number of nitrogens with zero attached hydrogens (tertiary/aromatic N) is 2. The van der Waals surface area contributed by atoms with E-state index in [4.69, 9.17) is 4.42 Å². The predicted molar refractivity (Wildman–Crippen MR) is 115 cm³/mol. The number of aromatic nitrogens is 1. The summed E-state index contributed by atoms with van der Waals surface area (Å²) in [6.07, 6.45) is 1.67. The highest BCUT2D eigenvalue weighted by molar-refractivity contribution is 14.0. The molecule has 0 atom stereocenters. The summed E-state index contributed by atoms with van der Waals surface area (Å²) >= 11 is 0. The van der Waals surface area contributed by atoms with Crippen LogP contribution < -0.4 is 10.6 Å². The summed E-state index contributed by atoms with van der Waals surface area (Å²) in [4.78, 5) is 8.30. The van der Waals surface area contributed by atoms with Gasteiger partial charge in [-0.3, -0.25) is 4.99 Å². The molecule has 0 fully saturated rings. The van der Waals surface area contributed by atoms with Crippen LogP contribution in [0.5, 0.6) is 0 Å². The number of aliphatic imine (C=N–C) groups is 1. The van der Waals surface area contributed by atoms with E-state index in [0.29, 0.717) is 24.2 Å². The minimum absolute atomic E-state index is 0. The van der Waals surface area contributed by atoms with Crippen LogP contribution in [-0.2, 0) is 13.1 Å². The standard InChI is InChI=1S/C20H20F2N4O.HI/c1-13-3-5-14(6-4-13)18-11-24-19(27-18)12-26-20(23-2)25-10-15-9-16(21)7-8-17(15)22;/h3-9,11H,10,12H2,1-2H3,(H2,23,25,26);1H. The average molecular weight is 498 g/mol. The van der Waals surface area contributed by atoms with Gasteiger partial charge in [0.05, 0.1) is 12.7 Å². The van der Waals surface area contributed by atoms with Gasteiger partial charge < -0.3 is 15.1 Å². The van der Waals surface area contributed by atoms with Gasteiger partial charge in [-0.15, -0.1) is 24.0 Å². The predicted octanol–water partition coefficient (Wildman–Crippen LogP) is 4.41. The number of halogens is 3. The molecule has 8 heteroatoms. The summed E-state index contributed by atoms with van der Waals surface area (Å²) in [6.45, 7) is 2.43. The topological polar surface area (TPSA) is 62.5 Å². The Labute approximate surface area is 179 Å². The molecule has 0 aliphatic carbocycles. The molecule has 0 aliphatic heterocycles. The van der Waals surface area contributed by atoms with E-state index in [1.165, 1.54) is 5.56 Å².